The summed E-state index contributed by atoms with van der Waals surface area (Å²) in [6.07, 6.45) is 2.05. The third-order valence-electron chi connectivity index (χ3n) is 6.32. The molecule has 9 heteroatoms. The third-order valence-corrected chi connectivity index (χ3v) is 6.58. The number of nitrogens with zero attached hydrogens (tertiary/aromatic N) is 2. The molecule has 3 aromatic carbocycles. The van der Waals surface area contributed by atoms with Gasteiger partial charge in [-0.05, 0) is 92.2 Å². The number of nitrogens with two attached hydrogens (primary N) is 1. The summed E-state index contributed by atoms with van der Waals surface area (Å²) in [6, 6.07) is 22.9. The van der Waals surface area contributed by atoms with Crippen molar-refractivity contribution in [1.29, 1.82) is 0 Å². The highest BCUT2D eigenvalue weighted by atomic mass is 35.5. The average Bonchev–Trinajstić information content (AvgIpc) is 3.35. The number of likely N-dealkylation sites (N-methyl/N-ethyl adjacent to an activating group) is 1. The van der Waals surface area contributed by atoms with Gasteiger partial charge >= 0.3 is 6.09 Å². The van der Waals surface area contributed by atoms with Crippen LogP contribution in [0.4, 0.5) is 4.79 Å². The number of benzene rings is 3. The molecule has 4 rings (SSSR count). The first-order valence-corrected chi connectivity index (χ1v) is 14.1. The topological polar surface area (TPSA) is 101 Å². The zero-order valence-electron chi connectivity index (χ0n) is 23.9. The second kappa shape index (κ2) is 13.6. The number of rotatable bonds is 13. The summed E-state index contributed by atoms with van der Waals surface area (Å²) in [5.41, 5.74) is 7.21. The van der Waals surface area contributed by atoms with Gasteiger partial charge < -0.3 is 29.8 Å². The van der Waals surface area contributed by atoms with Crippen molar-refractivity contribution in [1.82, 2.24) is 14.9 Å². The molecular formula is C32H37ClN4O4. The van der Waals surface area contributed by atoms with Crippen LogP contribution in [0.15, 0.2) is 79.0 Å². The normalized spacial score (nSPS) is 12.6. The minimum Gasteiger partial charge on any atom is -0.489 e. The predicted molar refractivity (Wildman–Crippen MR) is 162 cm³/mol. The van der Waals surface area contributed by atoms with Gasteiger partial charge in [0, 0.05) is 35.4 Å². The second-order valence-corrected chi connectivity index (χ2v) is 11.0. The number of hydrogen-bond acceptors (Lipinski definition) is 6. The molecule has 1 atom stereocenters. The van der Waals surface area contributed by atoms with Gasteiger partial charge in [-0.15, -0.1) is 0 Å². The highest BCUT2D eigenvalue weighted by Crippen LogP contribution is 2.28. The number of carbonyl (C=O) groups excluding carboxylic acids is 1. The van der Waals surface area contributed by atoms with Crippen LogP contribution in [0.2, 0.25) is 5.02 Å². The molecule has 4 aromatic rings. The van der Waals surface area contributed by atoms with Crippen molar-refractivity contribution in [3.8, 4) is 34.2 Å². The Kier molecular flexibility index (Phi) is 9.91. The van der Waals surface area contributed by atoms with Crippen molar-refractivity contribution in [2.45, 2.75) is 39.7 Å². The summed E-state index contributed by atoms with van der Waals surface area (Å²) in [4.78, 5) is 16.4. The molecular weight excluding hydrogens is 540 g/mol. The number of imidazole rings is 1. The summed E-state index contributed by atoms with van der Waals surface area (Å²) in [5.74, 6) is 3.53. The van der Waals surface area contributed by atoms with Crippen LogP contribution >= 0.6 is 11.6 Å². The highest BCUT2D eigenvalue weighted by molar-refractivity contribution is 6.30. The molecule has 0 bridgehead atoms. The van der Waals surface area contributed by atoms with Gasteiger partial charge in [-0.2, -0.15) is 0 Å². The highest BCUT2D eigenvalue weighted by Gasteiger charge is 2.29. The molecule has 1 unspecified atom stereocenters. The predicted octanol–water partition coefficient (Wildman–Crippen LogP) is 7.03. The minimum absolute atomic E-state index is 0.160. The zero-order valence-corrected chi connectivity index (χ0v) is 24.6. The van der Waals surface area contributed by atoms with E-state index < -0.39 is 11.7 Å². The maximum atomic E-state index is 11.4. The summed E-state index contributed by atoms with van der Waals surface area (Å²) < 4.78 is 19.3. The largest absolute Gasteiger partial charge is 0.489 e. The molecule has 0 saturated heterocycles. The minimum atomic E-state index is -0.888. The lowest BCUT2D eigenvalue weighted by Gasteiger charge is -2.28. The average molecular weight is 577 g/mol. The number of aromatic nitrogens is 2. The molecule has 3 N–H and O–H groups in total. The SMILES string of the molecule is CCNCC(C)(COc1ccc(-c2cn(-c3ccc(Oc4ccc(Cl)cc4)cc3)c(CC(C)C)n2)cc1)OC(N)=O. The van der Waals surface area contributed by atoms with Crippen molar-refractivity contribution in [3.63, 3.8) is 0 Å². The quantitative estimate of drug-likeness (QED) is 0.177. The van der Waals surface area contributed by atoms with Crippen LogP contribution in [-0.4, -0.2) is 40.9 Å². The Morgan fingerprint density at radius 2 is 1.61 bits per heavy atom. The molecule has 41 heavy (non-hydrogen) atoms. The number of carbonyl (C=O) groups is 1. The lowest BCUT2D eigenvalue weighted by molar-refractivity contribution is -0.00355. The van der Waals surface area contributed by atoms with Crippen molar-refractivity contribution in [2.24, 2.45) is 11.7 Å². The molecule has 0 spiro atoms. The maximum Gasteiger partial charge on any atom is 0.405 e. The van der Waals surface area contributed by atoms with E-state index in [1.54, 1.807) is 19.1 Å². The van der Waals surface area contributed by atoms with Gasteiger partial charge in [-0.3, -0.25) is 0 Å². The zero-order chi connectivity index (χ0) is 29.4. The van der Waals surface area contributed by atoms with Gasteiger partial charge in [0.05, 0.1) is 5.69 Å². The molecule has 1 amide bonds. The first-order valence-electron chi connectivity index (χ1n) is 13.7. The molecule has 0 aliphatic rings. The standard InChI is InChI=1S/C32H37ClN4O4/c1-5-35-20-32(4,41-31(34)38)21-39-26-12-6-23(7-13-26)29-19-37(30(36-29)18-22(2)3)25-10-16-28(17-11-25)40-27-14-8-24(33)9-15-27/h6-17,19,22,35H,5,18,20-21H2,1-4H3,(H2,34,38). The fraction of sp³-hybridized carbons (Fsp3) is 0.312. The second-order valence-electron chi connectivity index (χ2n) is 10.5. The summed E-state index contributed by atoms with van der Waals surface area (Å²) in [6.45, 7) is 9.44. The van der Waals surface area contributed by atoms with Crippen LogP contribution in [-0.2, 0) is 11.2 Å². The third kappa shape index (κ3) is 8.49. The molecule has 0 saturated carbocycles. The van der Waals surface area contributed by atoms with Crippen LogP contribution < -0.4 is 20.5 Å². The molecule has 1 heterocycles. The first kappa shape index (κ1) is 30.0. The fourth-order valence-corrected chi connectivity index (χ4v) is 4.44. The number of hydrogen-bond donors (Lipinski definition) is 2. The van der Waals surface area contributed by atoms with E-state index in [-0.39, 0.29) is 6.61 Å². The molecule has 0 fully saturated rings. The van der Waals surface area contributed by atoms with E-state index in [9.17, 15) is 4.79 Å². The van der Waals surface area contributed by atoms with Crippen LogP contribution in [0, 0.1) is 5.92 Å². The van der Waals surface area contributed by atoms with Crippen LogP contribution in [0.3, 0.4) is 0 Å². The molecule has 0 aliphatic heterocycles. The van der Waals surface area contributed by atoms with Crippen LogP contribution in [0.1, 0.15) is 33.5 Å². The lowest BCUT2D eigenvalue weighted by Crippen LogP contribution is -2.47. The summed E-state index contributed by atoms with van der Waals surface area (Å²) in [5, 5.41) is 3.84. The first-order chi connectivity index (χ1) is 19.6. The Morgan fingerprint density at radius 1 is 1.00 bits per heavy atom. The Labute approximate surface area is 246 Å². The Bertz CT molecular complexity index is 1420. The van der Waals surface area contributed by atoms with Gasteiger partial charge in [-0.1, -0.05) is 32.4 Å². The summed E-state index contributed by atoms with van der Waals surface area (Å²) >= 11 is 5.98. The van der Waals surface area contributed by atoms with Gasteiger partial charge in [0.25, 0.3) is 0 Å². The molecule has 0 radical (unpaired) electrons. The van der Waals surface area contributed by atoms with E-state index in [0.717, 1.165) is 47.2 Å². The maximum absolute atomic E-state index is 11.4. The molecule has 0 aliphatic carbocycles. The van der Waals surface area contributed by atoms with Crippen LogP contribution in [0.5, 0.6) is 17.2 Å². The Morgan fingerprint density at radius 3 is 2.20 bits per heavy atom. The van der Waals surface area contributed by atoms with Crippen LogP contribution in [0.25, 0.3) is 16.9 Å². The number of ether oxygens (including phenoxy) is 3. The molecule has 1 aromatic heterocycles. The van der Waals surface area contributed by atoms with Gasteiger partial charge in [0.2, 0.25) is 0 Å². The number of halogens is 1. The van der Waals surface area contributed by atoms with Crippen molar-refractivity contribution in [2.75, 3.05) is 19.7 Å². The van der Waals surface area contributed by atoms with E-state index in [4.69, 9.17) is 36.5 Å². The smallest absolute Gasteiger partial charge is 0.405 e. The van der Waals surface area contributed by atoms with Gasteiger partial charge in [-0.25, -0.2) is 9.78 Å². The van der Waals surface area contributed by atoms with E-state index in [0.29, 0.717) is 23.2 Å². The van der Waals surface area contributed by atoms with Crippen molar-refractivity contribution in [3.05, 3.63) is 89.8 Å². The monoisotopic (exact) mass is 576 g/mol. The van der Waals surface area contributed by atoms with Crippen molar-refractivity contribution < 1.29 is 19.0 Å². The molecule has 8 nitrogen and oxygen atoms in total. The number of primary amides is 1. The molecule has 216 valence electrons. The Balaban J connectivity index is 1.50. The van der Waals surface area contributed by atoms with E-state index in [2.05, 4.69) is 29.9 Å². The number of amides is 1. The van der Waals surface area contributed by atoms with Gasteiger partial charge in [0.15, 0.2) is 5.60 Å². The summed E-state index contributed by atoms with van der Waals surface area (Å²) in [7, 11) is 0. The fourth-order valence-electron chi connectivity index (χ4n) is 4.31. The van der Waals surface area contributed by atoms with E-state index in [1.165, 1.54) is 0 Å². The Hall–Kier alpha value is -4.01. The van der Waals surface area contributed by atoms with Gasteiger partial charge in [0.1, 0.15) is 29.7 Å². The number of nitrogens with one attached hydrogen (secondary N) is 1. The van der Waals surface area contributed by atoms with E-state index >= 15 is 0 Å². The lowest BCUT2D eigenvalue weighted by atomic mass is 10.1. The van der Waals surface area contributed by atoms with E-state index in [1.807, 2.05) is 67.6 Å². The van der Waals surface area contributed by atoms with Crippen molar-refractivity contribution >= 4 is 17.7 Å².